The van der Waals surface area contributed by atoms with Crippen molar-refractivity contribution in [3.63, 3.8) is 0 Å². The molecule has 3 aromatic carbocycles. The fourth-order valence-corrected chi connectivity index (χ4v) is 4.67. The standard InChI is InChI=1S/C24H23F2N3O6S/c1-15-11-19(29(31)32)6-8-21(15)28-36(33,34)23-9-3-16(12-22(23)35-2)4-10-24(30)27-14-17-13-18(25)5-7-20(17)26/h3,5-9,11-13,28H,4,10,14H2,1-2H3,(H,27,30). The first-order valence-electron chi connectivity index (χ1n) is 10.7. The highest BCUT2D eigenvalue weighted by atomic mass is 32.2. The number of halogens is 2. The molecule has 0 atom stereocenters. The summed E-state index contributed by atoms with van der Waals surface area (Å²) in [5.74, 6) is -1.59. The number of sulfonamides is 1. The van der Waals surface area contributed by atoms with Gasteiger partial charge in [-0.2, -0.15) is 0 Å². The molecule has 0 saturated carbocycles. The van der Waals surface area contributed by atoms with E-state index in [1.807, 2.05) is 0 Å². The van der Waals surface area contributed by atoms with Crippen LogP contribution in [0.2, 0.25) is 0 Å². The van der Waals surface area contributed by atoms with Crippen molar-refractivity contribution in [1.82, 2.24) is 5.32 Å². The Morgan fingerprint density at radius 2 is 1.83 bits per heavy atom. The zero-order valence-corrected chi connectivity index (χ0v) is 20.2. The number of ether oxygens (including phenoxy) is 1. The molecule has 0 saturated heterocycles. The largest absolute Gasteiger partial charge is 0.495 e. The third-order valence-corrected chi connectivity index (χ3v) is 6.71. The highest BCUT2D eigenvalue weighted by molar-refractivity contribution is 7.92. The van der Waals surface area contributed by atoms with E-state index in [-0.39, 0.29) is 47.0 Å². The van der Waals surface area contributed by atoms with Crippen LogP contribution in [0.1, 0.15) is 23.1 Å². The topological polar surface area (TPSA) is 128 Å². The third kappa shape index (κ3) is 6.54. The second-order valence-corrected chi connectivity index (χ2v) is 9.51. The summed E-state index contributed by atoms with van der Waals surface area (Å²) in [5.41, 5.74) is 1.02. The molecule has 3 rings (SSSR count). The Hall–Kier alpha value is -4.06. The lowest BCUT2D eigenvalue weighted by molar-refractivity contribution is -0.384. The molecular weight excluding hydrogens is 496 g/mol. The first-order chi connectivity index (χ1) is 17.0. The number of benzene rings is 3. The van der Waals surface area contributed by atoms with E-state index >= 15 is 0 Å². The fraction of sp³-hybridized carbons (Fsp3) is 0.208. The molecule has 0 aliphatic heterocycles. The van der Waals surface area contributed by atoms with Gasteiger partial charge in [-0.1, -0.05) is 6.07 Å². The monoisotopic (exact) mass is 519 g/mol. The van der Waals surface area contributed by atoms with Crippen LogP contribution in [-0.4, -0.2) is 26.4 Å². The summed E-state index contributed by atoms with van der Waals surface area (Å²) in [4.78, 5) is 22.3. The number of rotatable bonds is 10. The summed E-state index contributed by atoms with van der Waals surface area (Å²) in [5, 5.41) is 13.4. The third-order valence-electron chi connectivity index (χ3n) is 5.31. The zero-order valence-electron chi connectivity index (χ0n) is 19.4. The molecule has 0 aliphatic rings. The van der Waals surface area contributed by atoms with Crippen LogP contribution in [0, 0.1) is 28.7 Å². The Bertz CT molecular complexity index is 1410. The smallest absolute Gasteiger partial charge is 0.269 e. The van der Waals surface area contributed by atoms with Crippen molar-refractivity contribution in [3.05, 3.63) is 93.0 Å². The SMILES string of the molecule is COc1cc(CCC(=O)NCc2cc(F)ccc2F)ccc1S(=O)(=O)Nc1ccc([N+](=O)[O-])cc1C. The highest BCUT2D eigenvalue weighted by Crippen LogP contribution is 2.29. The van der Waals surface area contributed by atoms with Crippen LogP contribution in [0.4, 0.5) is 20.2 Å². The van der Waals surface area contributed by atoms with Crippen molar-refractivity contribution in [2.75, 3.05) is 11.8 Å². The Kier molecular flexibility index (Phi) is 8.20. The van der Waals surface area contributed by atoms with E-state index in [1.54, 1.807) is 6.92 Å². The molecule has 0 unspecified atom stereocenters. The van der Waals surface area contributed by atoms with Crippen LogP contribution >= 0.6 is 0 Å². The highest BCUT2D eigenvalue weighted by Gasteiger charge is 2.22. The molecule has 190 valence electrons. The summed E-state index contributed by atoms with van der Waals surface area (Å²) < 4.78 is 60.5. The summed E-state index contributed by atoms with van der Waals surface area (Å²) >= 11 is 0. The van der Waals surface area contributed by atoms with Crippen LogP contribution in [0.25, 0.3) is 0 Å². The van der Waals surface area contributed by atoms with Gasteiger partial charge in [0.25, 0.3) is 15.7 Å². The lowest BCUT2D eigenvalue weighted by Gasteiger charge is -2.14. The van der Waals surface area contributed by atoms with Crippen LogP contribution in [0.15, 0.2) is 59.5 Å². The van der Waals surface area contributed by atoms with E-state index in [0.717, 1.165) is 18.2 Å². The van der Waals surface area contributed by atoms with Crippen LogP contribution < -0.4 is 14.8 Å². The van der Waals surface area contributed by atoms with Crippen molar-refractivity contribution >= 4 is 27.3 Å². The second-order valence-electron chi connectivity index (χ2n) is 7.86. The molecule has 2 N–H and O–H groups in total. The number of carbonyl (C=O) groups excluding carboxylic acids is 1. The number of anilines is 1. The van der Waals surface area contributed by atoms with E-state index in [9.17, 15) is 32.1 Å². The minimum absolute atomic E-state index is 0.0203. The lowest BCUT2D eigenvalue weighted by Crippen LogP contribution is -2.23. The van der Waals surface area contributed by atoms with Crippen molar-refractivity contribution in [3.8, 4) is 5.75 Å². The van der Waals surface area contributed by atoms with Gasteiger partial charge in [-0.15, -0.1) is 0 Å². The molecule has 0 fully saturated rings. The number of methoxy groups -OCH3 is 1. The number of nitro groups is 1. The maximum absolute atomic E-state index is 13.7. The number of nitrogens with one attached hydrogen (secondary N) is 2. The fourth-order valence-electron chi connectivity index (χ4n) is 3.38. The van der Waals surface area contributed by atoms with E-state index in [2.05, 4.69) is 10.0 Å². The van der Waals surface area contributed by atoms with Crippen LogP contribution in [0.5, 0.6) is 5.75 Å². The molecule has 0 spiro atoms. The number of hydrogen-bond acceptors (Lipinski definition) is 6. The number of non-ortho nitro benzene ring substituents is 1. The maximum atomic E-state index is 13.7. The summed E-state index contributed by atoms with van der Waals surface area (Å²) in [6.07, 6.45) is 0.259. The quantitative estimate of drug-likeness (QED) is 0.305. The predicted octanol–water partition coefficient (Wildman–Crippen LogP) is 4.24. The zero-order chi connectivity index (χ0) is 26.5. The van der Waals surface area contributed by atoms with Gasteiger partial charge in [-0.3, -0.25) is 19.6 Å². The minimum atomic E-state index is -4.10. The molecule has 0 bridgehead atoms. The normalized spacial score (nSPS) is 11.1. The Morgan fingerprint density at radius 1 is 1.08 bits per heavy atom. The summed E-state index contributed by atoms with van der Waals surface area (Å²) in [7, 11) is -2.80. The molecule has 3 aromatic rings. The molecule has 0 aromatic heterocycles. The number of nitrogens with zero attached hydrogens (tertiary/aromatic N) is 1. The number of hydrogen-bond donors (Lipinski definition) is 2. The van der Waals surface area contributed by atoms with Gasteiger partial charge in [0, 0.05) is 30.7 Å². The van der Waals surface area contributed by atoms with Crippen molar-refractivity contribution in [2.24, 2.45) is 0 Å². The number of amides is 1. The molecule has 0 aliphatic carbocycles. The van der Waals surface area contributed by atoms with Crippen molar-refractivity contribution in [2.45, 2.75) is 31.2 Å². The molecule has 1 amide bonds. The predicted molar refractivity (Wildman–Crippen MR) is 128 cm³/mol. The van der Waals surface area contributed by atoms with Gasteiger partial charge in [0.2, 0.25) is 5.91 Å². The molecule has 0 radical (unpaired) electrons. The molecule has 9 nitrogen and oxygen atoms in total. The Balaban J connectivity index is 1.67. The van der Waals surface area contributed by atoms with Gasteiger partial charge in [0.05, 0.1) is 17.7 Å². The van der Waals surface area contributed by atoms with Crippen molar-refractivity contribution < 1.29 is 31.7 Å². The first kappa shape index (κ1) is 26.5. The van der Waals surface area contributed by atoms with E-state index in [0.29, 0.717) is 11.1 Å². The van der Waals surface area contributed by atoms with E-state index in [4.69, 9.17) is 4.74 Å². The average molecular weight is 520 g/mol. The first-order valence-corrected chi connectivity index (χ1v) is 12.1. The van der Waals surface area contributed by atoms with Crippen LogP contribution in [0.3, 0.4) is 0 Å². The van der Waals surface area contributed by atoms with E-state index < -0.39 is 32.5 Å². The van der Waals surface area contributed by atoms with Gasteiger partial charge in [0.1, 0.15) is 22.3 Å². The summed E-state index contributed by atoms with van der Waals surface area (Å²) in [6.45, 7) is 1.37. The lowest BCUT2D eigenvalue weighted by atomic mass is 10.1. The van der Waals surface area contributed by atoms with E-state index in [1.165, 1.54) is 43.5 Å². The average Bonchev–Trinajstić information content (AvgIpc) is 2.84. The summed E-state index contributed by atoms with van der Waals surface area (Å²) in [6, 6.07) is 11.1. The molecule has 12 heteroatoms. The van der Waals surface area contributed by atoms with Crippen molar-refractivity contribution in [1.29, 1.82) is 0 Å². The van der Waals surface area contributed by atoms with Gasteiger partial charge in [0.15, 0.2) is 0 Å². The van der Waals surface area contributed by atoms with Gasteiger partial charge in [-0.25, -0.2) is 17.2 Å². The second kappa shape index (κ2) is 11.1. The minimum Gasteiger partial charge on any atom is -0.495 e. The molecule has 36 heavy (non-hydrogen) atoms. The van der Waals surface area contributed by atoms with Gasteiger partial charge in [-0.05, 0) is 60.9 Å². The number of aryl methyl sites for hydroxylation is 2. The van der Waals surface area contributed by atoms with Gasteiger partial charge < -0.3 is 10.1 Å². The number of nitro benzene ring substituents is 1. The molecule has 0 heterocycles. The maximum Gasteiger partial charge on any atom is 0.269 e. The van der Waals surface area contributed by atoms with Gasteiger partial charge >= 0.3 is 0 Å². The van der Waals surface area contributed by atoms with Crippen LogP contribution in [-0.2, 0) is 27.8 Å². The Labute approximate surface area is 206 Å². The number of carbonyl (C=O) groups is 1. The molecular formula is C24H23F2N3O6S. The Morgan fingerprint density at radius 3 is 2.50 bits per heavy atom.